The number of nitrogens with one attached hydrogen (secondary N) is 2. The first-order valence-electron chi connectivity index (χ1n) is 9.19. The van der Waals surface area contributed by atoms with Crippen LogP contribution in [0.3, 0.4) is 0 Å². The van der Waals surface area contributed by atoms with E-state index in [1.54, 1.807) is 0 Å². The Morgan fingerprint density at radius 3 is 2.56 bits per heavy atom. The van der Waals surface area contributed by atoms with E-state index in [9.17, 15) is 9.59 Å². The SMILES string of the molecule is O=C1OCC[C@@H]1N[C@H](/C=C/c1ccccc1)C(=O)NC1CCCCC1. The molecule has 5 nitrogen and oxygen atoms in total. The highest BCUT2D eigenvalue weighted by Gasteiger charge is 2.31. The van der Waals surface area contributed by atoms with Crippen LogP contribution in [0.4, 0.5) is 0 Å². The summed E-state index contributed by atoms with van der Waals surface area (Å²) in [6, 6.07) is 9.12. The van der Waals surface area contributed by atoms with E-state index in [0.717, 1.165) is 31.2 Å². The fraction of sp³-hybridized carbons (Fsp3) is 0.500. The minimum atomic E-state index is -0.544. The molecule has 2 atom stereocenters. The van der Waals surface area contributed by atoms with E-state index >= 15 is 0 Å². The third-order valence-electron chi connectivity index (χ3n) is 4.83. The van der Waals surface area contributed by atoms with Crippen LogP contribution in [0.1, 0.15) is 44.1 Å². The lowest BCUT2D eigenvalue weighted by atomic mass is 9.95. The van der Waals surface area contributed by atoms with Crippen molar-refractivity contribution in [3.8, 4) is 0 Å². The van der Waals surface area contributed by atoms with Gasteiger partial charge in [-0.15, -0.1) is 0 Å². The Hall–Kier alpha value is -2.14. The van der Waals surface area contributed by atoms with E-state index in [2.05, 4.69) is 10.6 Å². The highest BCUT2D eigenvalue weighted by Crippen LogP contribution is 2.18. The van der Waals surface area contributed by atoms with Gasteiger partial charge in [-0.25, -0.2) is 0 Å². The molecule has 134 valence electrons. The van der Waals surface area contributed by atoms with Crippen molar-refractivity contribution >= 4 is 18.0 Å². The predicted molar refractivity (Wildman–Crippen MR) is 96.8 cm³/mol. The van der Waals surface area contributed by atoms with Crippen LogP contribution in [0, 0.1) is 0 Å². The Kier molecular flexibility index (Phi) is 6.23. The number of hydrogen-bond acceptors (Lipinski definition) is 4. The number of amides is 1. The maximum absolute atomic E-state index is 12.8. The molecule has 1 amide bonds. The Labute approximate surface area is 148 Å². The summed E-state index contributed by atoms with van der Waals surface area (Å²) < 4.78 is 5.00. The van der Waals surface area contributed by atoms with Crippen molar-refractivity contribution in [2.24, 2.45) is 0 Å². The molecule has 1 aromatic rings. The Bertz CT molecular complexity index is 609. The van der Waals surface area contributed by atoms with Crippen molar-refractivity contribution in [2.75, 3.05) is 6.61 Å². The normalized spacial score (nSPS) is 22.7. The van der Waals surface area contributed by atoms with E-state index in [-0.39, 0.29) is 17.9 Å². The lowest BCUT2D eigenvalue weighted by molar-refractivity contribution is -0.139. The number of cyclic esters (lactones) is 1. The van der Waals surface area contributed by atoms with Crippen LogP contribution in [-0.4, -0.2) is 36.6 Å². The summed E-state index contributed by atoms with van der Waals surface area (Å²) >= 11 is 0. The molecule has 1 heterocycles. The summed E-state index contributed by atoms with van der Waals surface area (Å²) in [4.78, 5) is 24.5. The second-order valence-corrected chi connectivity index (χ2v) is 6.77. The van der Waals surface area contributed by atoms with Gasteiger partial charge in [-0.2, -0.15) is 0 Å². The first kappa shape index (κ1) is 17.7. The lowest BCUT2D eigenvalue weighted by Crippen LogP contribution is -2.51. The number of hydrogen-bond donors (Lipinski definition) is 2. The summed E-state index contributed by atoms with van der Waals surface area (Å²) in [5, 5.41) is 6.29. The smallest absolute Gasteiger partial charge is 0.323 e. The average Bonchev–Trinajstić information content (AvgIpc) is 3.05. The molecule has 0 aromatic heterocycles. The van der Waals surface area contributed by atoms with Crippen LogP contribution in [0.15, 0.2) is 36.4 Å². The van der Waals surface area contributed by atoms with E-state index in [0.29, 0.717) is 13.0 Å². The molecule has 3 rings (SSSR count). The number of rotatable bonds is 6. The topological polar surface area (TPSA) is 67.4 Å². The van der Waals surface area contributed by atoms with Crippen LogP contribution in [0.2, 0.25) is 0 Å². The molecular formula is C20H26N2O3. The van der Waals surface area contributed by atoms with Crippen LogP contribution >= 0.6 is 0 Å². The molecule has 2 aliphatic rings. The summed E-state index contributed by atoms with van der Waals surface area (Å²) in [7, 11) is 0. The number of carbonyl (C=O) groups is 2. The summed E-state index contributed by atoms with van der Waals surface area (Å²) in [5.74, 6) is -0.345. The van der Waals surface area contributed by atoms with Gasteiger partial charge >= 0.3 is 5.97 Å². The molecule has 1 saturated carbocycles. The van der Waals surface area contributed by atoms with Crippen LogP contribution in [0.5, 0.6) is 0 Å². The van der Waals surface area contributed by atoms with Gasteiger partial charge in [-0.1, -0.05) is 61.7 Å². The van der Waals surface area contributed by atoms with Gasteiger partial charge in [0.2, 0.25) is 5.91 Å². The van der Waals surface area contributed by atoms with Gasteiger partial charge in [0.15, 0.2) is 0 Å². The Balaban J connectivity index is 1.67. The zero-order valence-corrected chi connectivity index (χ0v) is 14.4. The Morgan fingerprint density at radius 1 is 1.12 bits per heavy atom. The van der Waals surface area contributed by atoms with Crippen LogP contribution in [-0.2, 0) is 14.3 Å². The molecule has 2 fully saturated rings. The van der Waals surface area contributed by atoms with Gasteiger partial charge in [-0.05, 0) is 18.4 Å². The fourth-order valence-electron chi connectivity index (χ4n) is 3.39. The van der Waals surface area contributed by atoms with Gasteiger partial charge in [0.05, 0.1) is 6.61 Å². The minimum Gasteiger partial charge on any atom is -0.464 e. The highest BCUT2D eigenvalue weighted by molar-refractivity contribution is 5.86. The number of esters is 1. The Morgan fingerprint density at radius 2 is 1.88 bits per heavy atom. The standard InChI is InChI=1S/C20H26N2O3/c23-19(21-16-9-5-2-6-10-16)17(22-18-13-14-25-20(18)24)12-11-15-7-3-1-4-8-15/h1,3-4,7-8,11-12,16-18,22H,2,5-6,9-10,13-14H2,(H,21,23)/b12-11+/t17-,18+/m1/s1. The van der Waals surface area contributed by atoms with E-state index in [1.165, 1.54) is 6.42 Å². The molecular weight excluding hydrogens is 316 g/mol. The van der Waals surface area contributed by atoms with E-state index < -0.39 is 12.1 Å². The average molecular weight is 342 g/mol. The van der Waals surface area contributed by atoms with Crippen molar-refractivity contribution in [3.63, 3.8) is 0 Å². The lowest BCUT2D eigenvalue weighted by Gasteiger charge is -2.25. The molecule has 1 aromatic carbocycles. The molecule has 0 radical (unpaired) electrons. The van der Waals surface area contributed by atoms with Crippen molar-refractivity contribution in [1.82, 2.24) is 10.6 Å². The second kappa shape index (κ2) is 8.81. The van der Waals surface area contributed by atoms with Gasteiger partial charge in [0, 0.05) is 12.5 Å². The molecule has 0 bridgehead atoms. The summed E-state index contributed by atoms with van der Waals surface area (Å²) in [6.45, 7) is 0.413. The second-order valence-electron chi connectivity index (χ2n) is 6.77. The van der Waals surface area contributed by atoms with Gasteiger partial charge in [0.1, 0.15) is 12.1 Å². The molecule has 5 heteroatoms. The summed E-state index contributed by atoms with van der Waals surface area (Å²) in [5.41, 5.74) is 1.02. The molecule has 2 N–H and O–H groups in total. The highest BCUT2D eigenvalue weighted by atomic mass is 16.5. The third-order valence-corrected chi connectivity index (χ3v) is 4.83. The van der Waals surface area contributed by atoms with Gasteiger partial charge < -0.3 is 10.1 Å². The molecule has 0 unspecified atom stereocenters. The molecule has 0 spiro atoms. The number of carbonyl (C=O) groups excluding carboxylic acids is 2. The van der Waals surface area contributed by atoms with Crippen molar-refractivity contribution in [2.45, 2.75) is 56.7 Å². The van der Waals surface area contributed by atoms with E-state index in [4.69, 9.17) is 4.74 Å². The maximum atomic E-state index is 12.8. The third kappa shape index (κ3) is 5.16. The summed E-state index contributed by atoms with van der Waals surface area (Å²) in [6.07, 6.45) is 9.99. The first-order valence-corrected chi connectivity index (χ1v) is 9.19. The van der Waals surface area contributed by atoms with Crippen molar-refractivity contribution in [3.05, 3.63) is 42.0 Å². The first-order chi connectivity index (χ1) is 12.2. The largest absolute Gasteiger partial charge is 0.464 e. The monoisotopic (exact) mass is 342 g/mol. The van der Waals surface area contributed by atoms with Crippen molar-refractivity contribution < 1.29 is 14.3 Å². The zero-order chi connectivity index (χ0) is 17.5. The van der Waals surface area contributed by atoms with Crippen LogP contribution in [0.25, 0.3) is 6.08 Å². The minimum absolute atomic E-state index is 0.0706. The molecule has 1 aliphatic carbocycles. The zero-order valence-electron chi connectivity index (χ0n) is 14.4. The molecule has 1 saturated heterocycles. The quantitative estimate of drug-likeness (QED) is 0.779. The van der Waals surface area contributed by atoms with Gasteiger partial charge in [-0.3, -0.25) is 14.9 Å². The number of ether oxygens (including phenoxy) is 1. The number of benzene rings is 1. The molecule has 1 aliphatic heterocycles. The van der Waals surface area contributed by atoms with Crippen LogP contribution < -0.4 is 10.6 Å². The predicted octanol–water partition coefficient (Wildman–Crippen LogP) is 2.42. The fourth-order valence-corrected chi connectivity index (χ4v) is 3.39. The molecule has 25 heavy (non-hydrogen) atoms. The van der Waals surface area contributed by atoms with Crippen molar-refractivity contribution in [1.29, 1.82) is 0 Å². The van der Waals surface area contributed by atoms with Gasteiger partial charge in [0.25, 0.3) is 0 Å². The van der Waals surface area contributed by atoms with E-state index in [1.807, 2.05) is 42.5 Å². The maximum Gasteiger partial charge on any atom is 0.323 e.